The van der Waals surface area contributed by atoms with Crippen molar-refractivity contribution in [3.8, 4) is 0 Å². The number of hydrogen-bond acceptors (Lipinski definition) is 1. The first-order chi connectivity index (χ1) is 9.74. The number of benzene rings is 2. The van der Waals surface area contributed by atoms with Crippen molar-refractivity contribution < 1.29 is 4.79 Å². The summed E-state index contributed by atoms with van der Waals surface area (Å²) in [5.41, 5.74) is 2.43. The Kier molecular flexibility index (Phi) is 4.04. The Bertz CT molecular complexity index is 630. The van der Waals surface area contributed by atoms with E-state index in [2.05, 4.69) is 26.8 Å². The zero-order chi connectivity index (χ0) is 15.7. The molecule has 0 N–H and O–H groups in total. The quantitative estimate of drug-likeness (QED) is 0.711. The van der Waals surface area contributed by atoms with Crippen LogP contribution in [0.15, 0.2) is 54.6 Å². The molecule has 0 fully saturated rings. The Morgan fingerprint density at radius 3 is 1.86 bits per heavy atom. The molecule has 0 bridgehead atoms. The van der Waals surface area contributed by atoms with Crippen LogP contribution < -0.4 is 0 Å². The Balaban J connectivity index is 2.51. The van der Waals surface area contributed by atoms with Crippen molar-refractivity contribution in [3.63, 3.8) is 0 Å². The van der Waals surface area contributed by atoms with E-state index in [4.69, 9.17) is 0 Å². The lowest BCUT2D eigenvalue weighted by Gasteiger charge is -2.28. The highest BCUT2D eigenvalue weighted by molar-refractivity contribution is 6.04. The number of carbonyl (C=O) groups excluding carboxylic acids is 1. The third-order valence-electron chi connectivity index (χ3n) is 4.04. The van der Waals surface area contributed by atoms with E-state index < -0.39 is 5.41 Å². The van der Waals surface area contributed by atoms with Crippen molar-refractivity contribution >= 4 is 5.78 Å². The van der Waals surface area contributed by atoms with Crippen LogP contribution in [0.2, 0.25) is 0 Å². The maximum absolute atomic E-state index is 13.1. The minimum absolute atomic E-state index is 0.0426. The van der Waals surface area contributed by atoms with Gasteiger partial charge in [0.25, 0.3) is 0 Å². The summed E-state index contributed by atoms with van der Waals surface area (Å²) in [5, 5.41) is 0. The normalized spacial score (nSPS) is 12.2. The number of hydrogen-bond donors (Lipinski definition) is 0. The van der Waals surface area contributed by atoms with Crippen LogP contribution in [0.3, 0.4) is 0 Å². The van der Waals surface area contributed by atoms with Crippen LogP contribution in [0.4, 0.5) is 0 Å². The molecule has 110 valence electrons. The first kappa shape index (κ1) is 15.5. The largest absolute Gasteiger partial charge is 0.293 e. The Hall–Kier alpha value is -1.89. The highest BCUT2D eigenvalue weighted by atomic mass is 16.1. The van der Waals surface area contributed by atoms with E-state index in [1.807, 2.05) is 62.4 Å². The molecule has 1 nitrogen and oxygen atoms in total. The molecule has 0 aliphatic heterocycles. The molecule has 0 saturated heterocycles. The topological polar surface area (TPSA) is 17.1 Å². The first-order valence-electron chi connectivity index (χ1n) is 7.44. The summed E-state index contributed by atoms with van der Waals surface area (Å²) < 4.78 is 0. The van der Waals surface area contributed by atoms with Crippen LogP contribution in [-0.4, -0.2) is 5.78 Å². The molecule has 1 heteroatoms. The minimum atomic E-state index is -0.525. The summed E-state index contributed by atoms with van der Waals surface area (Å²) in [6.07, 6.45) is 0. The molecule has 0 heterocycles. The molecule has 0 atom stereocenters. The molecule has 0 amide bonds. The van der Waals surface area contributed by atoms with E-state index in [-0.39, 0.29) is 11.2 Å². The van der Waals surface area contributed by atoms with Crippen molar-refractivity contribution in [1.82, 2.24) is 0 Å². The molecule has 2 aromatic carbocycles. The van der Waals surface area contributed by atoms with Crippen LogP contribution in [0.5, 0.6) is 0 Å². The van der Waals surface area contributed by atoms with Gasteiger partial charge in [0, 0.05) is 5.56 Å². The van der Waals surface area contributed by atoms with Gasteiger partial charge in [-0.3, -0.25) is 4.79 Å². The van der Waals surface area contributed by atoms with Crippen molar-refractivity contribution in [2.75, 3.05) is 0 Å². The zero-order valence-corrected chi connectivity index (χ0v) is 13.6. The maximum Gasteiger partial charge on any atom is 0.173 e. The maximum atomic E-state index is 13.1. The van der Waals surface area contributed by atoms with Crippen molar-refractivity contribution in [3.05, 3.63) is 71.3 Å². The number of Topliss-reactive ketones (excluding diaryl/α,β-unsaturated/α-hetero) is 1. The lowest BCUT2D eigenvalue weighted by molar-refractivity contribution is 0.0906. The van der Waals surface area contributed by atoms with Gasteiger partial charge in [0.15, 0.2) is 5.78 Å². The van der Waals surface area contributed by atoms with Crippen molar-refractivity contribution in [2.45, 2.75) is 45.4 Å². The minimum Gasteiger partial charge on any atom is -0.293 e. The molecule has 0 saturated carbocycles. The molecule has 21 heavy (non-hydrogen) atoms. The fourth-order valence-electron chi connectivity index (χ4n) is 2.66. The summed E-state index contributed by atoms with van der Waals surface area (Å²) in [6, 6.07) is 18.0. The van der Waals surface area contributed by atoms with Crippen molar-refractivity contribution in [1.29, 1.82) is 0 Å². The molecule has 0 spiro atoms. The summed E-state index contributed by atoms with van der Waals surface area (Å²) in [6.45, 7) is 10.5. The van der Waals surface area contributed by atoms with Crippen molar-refractivity contribution in [2.24, 2.45) is 0 Å². The van der Waals surface area contributed by atoms with Crippen LogP contribution in [0, 0.1) is 0 Å². The SMILES string of the molecule is CC(C)(C)c1ccccc1C(=O)C(C)(C)c1ccccc1. The zero-order valence-electron chi connectivity index (χ0n) is 13.6. The summed E-state index contributed by atoms with van der Waals surface area (Å²) in [7, 11) is 0. The van der Waals surface area contributed by atoms with Crippen LogP contribution in [-0.2, 0) is 10.8 Å². The molecular weight excluding hydrogens is 256 g/mol. The third-order valence-corrected chi connectivity index (χ3v) is 4.04. The Labute approximate surface area is 128 Å². The van der Waals surface area contributed by atoms with Crippen LogP contribution in [0.1, 0.15) is 56.1 Å². The van der Waals surface area contributed by atoms with E-state index in [0.717, 1.165) is 16.7 Å². The van der Waals surface area contributed by atoms with Gasteiger partial charge in [-0.05, 0) is 30.4 Å². The molecule has 0 aliphatic rings. The fraction of sp³-hybridized carbons (Fsp3) is 0.350. The lowest BCUT2D eigenvalue weighted by Crippen LogP contribution is -2.31. The Morgan fingerprint density at radius 2 is 1.29 bits per heavy atom. The average Bonchev–Trinajstić information content (AvgIpc) is 2.46. The molecule has 0 aliphatic carbocycles. The lowest BCUT2D eigenvalue weighted by atomic mass is 9.74. The van der Waals surface area contributed by atoms with Gasteiger partial charge in [-0.15, -0.1) is 0 Å². The number of ketones is 1. The van der Waals surface area contributed by atoms with Crippen LogP contribution >= 0.6 is 0 Å². The second-order valence-corrected chi connectivity index (χ2v) is 7.12. The van der Waals surface area contributed by atoms with Gasteiger partial charge in [0.05, 0.1) is 5.41 Å². The molecular formula is C20H24O. The monoisotopic (exact) mass is 280 g/mol. The predicted molar refractivity (Wildman–Crippen MR) is 88.9 cm³/mol. The molecule has 2 rings (SSSR count). The Morgan fingerprint density at radius 1 is 0.762 bits per heavy atom. The molecule has 0 aromatic heterocycles. The highest BCUT2D eigenvalue weighted by Crippen LogP contribution is 2.32. The fourth-order valence-corrected chi connectivity index (χ4v) is 2.66. The van der Waals surface area contributed by atoms with E-state index in [1.165, 1.54) is 0 Å². The van der Waals surface area contributed by atoms with Gasteiger partial charge < -0.3 is 0 Å². The van der Waals surface area contributed by atoms with E-state index in [9.17, 15) is 4.79 Å². The number of rotatable bonds is 3. The first-order valence-corrected chi connectivity index (χ1v) is 7.44. The van der Waals surface area contributed by atoms with E-state index in [0.29, 0.717) is 0 Å². The predicted octanol–water partition coefficient (Wildman–Crippen LogP) is 5.14. The second kappa shape index (κ2) is 5.48. The summed E-state index contributed by atoms with van der Waals surface area (Å²) >= 11 is 0. The third kappa shape index (κ3) is 3.07. The summed E-state index contributed by atoms with van der Waals surface area (Å²) in [5.74, 6) is 0.180. The van der Waals surface area contributed by atoms with Gasteiger partial charge in [0.1, 0.15) is 0 Å². The average molecular weight is 280 g/mol. The summed E-state index contributed by atoms with van der Waals surface area (Å²) in [4.78, 5) is 13.1. The van der Waals surface area contributed by atoms with Gasteiger partial charge in [-0.1, -0.05) is 75.4 Å². The van der Waals surface area contributed by atoms with Gasteiger partial charge in [-0.2, -0.15) is 0 Å². The molecule has 0 radical (unpaired) electrons. The van der Waals surface area contributed by atoms with Gasteiger partial charge >= 0.3 is 0 Å². The van der Waals surface area contributed by atoms with E-state index in [1.54, 1.807) is 0 Å². The van der Waals surface area contributed by atoms with Gasteiger partial charge in [-0.25, -0.2) is 0 Å². The van der Waals surface area contributed by atoms with Gasteiger partial charge in [0.2, 0.25) is 0 Å². The standard InChI is InChI=1S/C20H24O/c1-19(2,3)17-14-10-9-13-16(17)18(21)20(4,5)15-11-7-6-8-12-15/h6-14H,1-5H3. The smallest absolute Gasteiger partial charge is 0.173 e. The molecule has 2 aromatic rings. The molecule has 0 unspecified atom stereocenters. The van der Waals surface area contributed by atoms with Crippen LogP contribution in [0.25, 0.3) is 0 Å². The second-order valence-electron chi connectivity index (χ2n) is 7.12. The highest BCUT2D eigenvalue weighted by Gasteiger charge is 2.33. The number of carbonyl (C=O) groups is 1. The van der Waals surface area contributed by atoms with E-state index >= 15 is 0 Å².